The molecule has 1 aromatic rings. The molecule has 1 rings (SSSR count). The van der Waals surface area contributed by atoms with Crippen molar-refractivity contribution in [2.75, 3.05) is 7.11 Å². The summed E-state index contributed by atoms with van der Waals surface area (Å²) in [5.41, 5.74) is 0.380. The van der Waals surface area contributed by atoms with Crippen LogP contribution >= 0.6 is 11.6 Å². The lowest BCUT2D eigenvalue weighted by atomic mass is 10.0. The van der Waals surface area contributed by atoms with Crippen molar-refractivity contribution in [2.24, 2.45) is 0 Å². The zero-order chi connectivity index (χ0) is 12.1. The largest absolute Gasteiger partial charge is 0.497 e. The minimum absolute atomic E-state index is 0.149. The molecular weight excluding hydrogens is 230 g/mol. The van der Waals surface area contributed by atoms with E-state index in [1.165, 1.54) is 7.11 Å². The zero-order valence-electron chi connectivity index (χ0n) is 8.72. The van der Waals surface area contributed by atoms with Crippen LogP contribution in [0.15, 0.2) is 18.2 Å². The van der Waals surface area contributed by atoms with E-state index in [1.54, 1.807) is 24.3 Å². The van der Waals surface area contributed by atoms with Gasteiger partial charge in [0, 0.05) is 5.56 Å². The highest BCUT2D eigenvalue weighted by molar-refractivity contribution is 6.31. The number of benzene rings is 1. The first-order chi connectivity index (χ1) is 7.60. The normalized spacial score (nSPS) is 13.9. The first kappa shape index (κ1) is 12.8. The van der Waals surface area contributed by atoms with E-state index in [2.05, 4.69) is 0 Å². The molecule has 0 aromatic heterocycles. The lowest BCUT2D eigenvalue weighted by molar-refractivity contribution is 0.0217. The van der Waals surface area contributed by atoms with Crippen LogP contribution in [0.5, 0.6) is 5.75 Å². The van der Waals surface area contributed by atoms with Crippen molar-refractivity contribution < 1.29 is 14.9 Å². The summed E-state index contributed by atoms with van der Waals surface area (Å²) >= 11 is 5.91. The molecule has 2 N–H and O–H groups in total. The summed E-state index contributed by atoms with van der Waals surface area (Å²) in [6.45, 7) is 0. The molecule has 0 aliphatic carbocycles. The van der Waals surface area contributed by atoms with Crippen LogP contribution in [0, 0.1) is 11.3 Å². The van der Waals surface area contributed by atoms with E-state index in [-0.39, 0.29) is 6.42 Å². The van der Waals surface area contributed by atoms with E-state index >= 15 is 0 Å². The summed E-state index contributed by atoms with van der Waals surface area (Å²) in [5, 5.41) is 27.9. The van der Waals surface area contributed by atoms with Crippen LogP contribution in [0.2, 0.25) is 5.02 Å². The predicted molar refractivity (Wildman–Crippen MR) is 59.2 cm³/mol. The summed E-state index contributed by atoms with van der Waals surface area (Å²) in [4.78, 5) is 0. The van der Waals surface area contributed by atoms with Crippen molar-refractivity contribution in [3.05, 3.63) is 28.8 Å². The number of hydrogen-bond donors (Lipinski definition) is 2. The molecular formula is C11H12ClNO3. The molecule has 0 spiro atoms. The van der Waals surface area contributed by atoms with Gasteiger partial charge in [0.2, 0.25) is 0 Å². The highest BCUT2D eigenvalue weighted by Gasteiger charge is 2.20. The Bertz CT molecular complexity index is 403. The molecule has 2 unspecified atom stereocenters. The van der Waals surface area contributed by atoms with Crippen LogP contribution in [-0.2, 0) is 0 Å². The highest BCUT2D eigenvalue weighted by Crippen LogP contribution is 2.29. The molecule has 86 valence electrons. The second kappa shape index (κ2) is 5.71. The number of hydrogen-bond acceptors (Lipinski definition) is 4. The van der Waals surface area contributed by atoms with Gasteiger partial charge >= 0.3 is 0 Å². The number of aliphatic hydroxyl groups excluding tert-OH is 2. The van der Waals surface area contributed by atoms with E-state index in [4.69, 9.17) is 21.6 Å². The van der Waals surface area contributed by atoms with Crippen LogP contribution in [0.25, 0.3) is 0 Å². The SMILES string of the molecule is COc1ccc(C(O)C(O)CC#N)c(Cl)c1. The van der Waals surface area contributed by atoms with Crippen molar-refractivity contribution in [1.29, 1.82) is 5.26 Å². The summed E-state index contributed by atoms with van der Waals surface area (Å²) in [6, 6.07) is 6.51. The molecule has 1 aromatic carbocycles. The maximum Gasteiger partial charge on any atom is 0.120 e. The fourth-order valence-corrected chi connectivity index (χ4v) is 1.57. The maximum absolute atomic E-state index is 9.74. The number of rotatable bonds is 4. The Morgan fingerprint density at radius 1 is 1.50 bits per heavy atom. The molecule has 0 saturated heterocycles. The molecule has 0 heterocycles. The minimum Gasteiger partial charge on any atom is -0.497 e. The van der Waals surface area contributed by atoms with Gasteiger partial charge in [-0.1, -0.05) is 17.7 Å². The van der Waals surface area contributed by atoms with Gasteiger partial charge < -0.3 is 14.9 Å². The fraction of sp³-hybridized carbons (Fsp3) is 0.364. The standard InChI is InChI=1S/C11H12ClNO3/c1-16-7-2-3-8(9(12)6-7)11(15)10(14)4-5-13/h2-3,6,10-11,14-15H,4H2,1H3. The lowest BCUT2D eigenvalue weighted by Crippen LogP contribution is -2.17. The highest BCUT2D eigenvalue weighted by atomic mass is 35.5. The number of methoxy groups -OCH3 is 1. The van der Waals surface area contributed by atoms with Crippen LogP contribution in [-0.4, -0.2) is 23.4 Å². The third kappa shape index (κ3) is 2.86. The molecule has 0 radical (unpaired) electrons. The van der Waals surface area contributed by atoms with Crippen LogP contribution in [0.4, 0.5) is 0 Å². The van der Waals surface area contributed by atoms with Gasteiger partial charge in [0.1, 0.15) is 11.9 Å². The summed E-state index contributed by atoms with van der Waals surface area (Å²) in [5.74, 6) is 0.565. The van der Waals surface area contributed by atoms with Crippen LogP contribution in [0.3, 0.4) is 0 Å². The van der Waals surface area contributed by atoms with Gasteiger partial charge in [0.05, 0.1) is 30.7 Å². The Labute approximate surface area is 98.7 Å². The summed E-state index contributed by atoms with van der Waals surface area (Å²) in [6.07, 6.45) is -2.46. The smallest absolute Gasteiger partial charge is 0.120 e. The van der Waals surface area contributed by atoms with Crippen LogP contribution < -0.4 is 4.74 Å². The van der Waals surface area contributed by atoms with E-state index in [0.717, 1.165) is 0 Å². The average molecular weight is 242 g/mol. The van der Waals surface area contributed by atoms with Crippen molar-refractivity contribution in [3.8, 4) is 11.8 Å². The Hall–Kier alpha value is -1.28. The summed E-state index contributed by atoms with van der Waals surface area (Å²) in [7, 11) is 1.51. The molecule has 4 nitrogen and oxygen atoms in total. The van der Waals surface area contributed by atoms with Gasteiger partial charge in [-0.3, -0.25) is 0 Å². The Morgan fingerprint density at radius 3 is 2.69 bits per heavy atom. The molecule has 0 aliphatic rings. The van der Waals surface area contributed by atoms with Crippen molar-refractivity contribution in [3.63, 3.8) is 0 Å². The van der Waals surface area contributed by atoms with Gasteiger partial charge in [-0.25, -0.2) is 0 Å². The van der Waals surface area contributed by atoms with Gasteiger partial charge in [-0.15, -0.1) is 0 Å². The molecule has 0 fully saturated rings. The Kier molecular flexibility index (Phi) is 4.56. The zero-order valence-corrected chi connectivity index (χ0v) is 9.48. The second-order valence-corrected chi connectivity index (χ2v) is 3.67. The number of aliphatic hydroxyl groups is 2. The van der Waals surface area contributed by atoms with E-state index in [9.17, 15) is 10.2 Å². The molecule has 0 aliphatic heterocycles. The number of halogens is 1. The maximum atomic E-state index is 9.74. The number of nitrogens with zero attached hydrogens (tertiary/aromatic N) is 1. The molecule has 5 heteroatoms. The van der Waals surface area contributed by atoms with E-state index < -0.39 is 12.2 Å². The molecule has 0 saturated carbocycles. The second-order valence-electron chi connectivity index (χ2n) is 3.26. The topological polar surface area (TPSA) is 73.5 Å². The van der Waals surface area contributed by atoms with Crippen molar-refractivity contribution >= 4 is 11.6 Å². The monoisotopic (exact) mass is 241 g/mol. The van der Waals surface area contributed by atoms with Gasteiger partial charge in [-0.05, 0) is 12.1 Å². The van der Waals surface area contributed by atoms with E-state index in [1.807, 2.05) is 0 Å². The molecule has 2 atom stereocenters. The third-order valence-electron chi connectivity index (χ3n) is 2.19. The first-order valence-electron chi connectivity index (χ1n) is 4.66. The fourth-order valence-electron chi connectivity index (χ4n) is 1.29. The molecule has 0 bridgehead atoms. The molecule has 16 heavy (non-hydrogen) atoms. The lowest BCUT2D eigenvalue weighted by Gasteiger charge is -2.17. The molecule has 0 amide bonds. The van der Waals surface area contributed by atoms with Gasteiger partial charge in [-0.2, -0.15) is 5.26 Å². The van der Waals surface area contributed by atoms with Gasteiger partial charge in [0.15, 0.2) is 0 Å². The van der Waals surface area contributed by atoms with E-state index in [0.29, 0.717) is 16.3 Å². The predicted octanol–water partition coefficient (Wildman–Crippen LogP) is 1.66. The number of nitriles is 1. The first-order valence-corrected chi connectivity index (χ1v) is 5.04. The van der Waals surface area contributed by atoms with Crippen molar-refractivity contribution in [1.82, 2.24) is 0 Å². The Balaban J connectivity index is 2.92. The third-order valence-corrected chi connectivity index (χ3v) is 2.52. The average Bonchev–Trinajstić information content (AvgIpc) is 2.28. The quantitative estimate of drug-likeness (QED) is 0.841. The Morgan fingerprint density at radius 2 is 2.19 bits per heavy atom. The number of ether oxygens (including phenoxy) is 1. The van der Waals surface area contributed by atoms with Gasteiger partial charge in [0.25, 0.3) is 0 Å². The van der Waals surface area contributed by atoms with Crippen LogP contribution in [0.1, 0.15) is 18.1 Å². The summed E-state index contributed by atoms with van der Waals surface area (Å²) < 4.78 is 4.96. The minimum atomic E-state index is -1.17. The van der Waals surface area contributed by atoms with Crippen molar-refractivity contribution in [2.45, 2.75) is 18.6 Å².